The number of benzene rings is 1. The van der Waals surface area contributed by atoms with E-state index in [0.29, 0.717) is 6.54 Å². The van der Waals surface area contributed by atoms with Crippen LogP contribution in [-0.4, -0.2) is 24.4 Å². The molecule has 0 radical (unpaired) electrons. The molecule has 0 bridgehead atoms. The summed E-state index contributed by atoms with van der Waals surface area (Å²) in [5.41, 5.74) is 5.96. The molecule has 2 N–H and O–H groups in total. The summed E-state index contributed by atoms with van der Waals surface area (Å²) in [4.78, 5) is 13.7. The van der Waals surface area contributed by atoms with Gasteiger partial charge in [0, 0.05) is 18.1 Å². The van der Waals surface area contributed by atoms with E-state index < -0.39 is 5.54 Å². The lowest BCUT2D eigenvalue weighted by Crippen LogP contribution is -2.49. The number of likely N-dealkylation sites (N-methyl/N-ethyl adjacent to an activating group) is 1. The van der Waals surface area contributed by atoms with E-state index in [-0.39, 0.29) is 5.91 Å². The highest BCUT2D eigenvalue weighted by atomic mass is 79.9. The fraction of sp³-hybridized carbons (Fsp3) is 0.417. The molecular formula is C12H17BrN2O. The number of amides is 1. The van der Waals surface area contributed by atoms with E-state index in [0.717, 1.165) is 10.0 Å². The van der Waals surface area contributed by atoms with Crippen LogP contribution in [0.25, 0.3) is 0 Å². The van der Waals surface area contributed by atoms with Gasteiger partial charge in [-0.05, 0) is 31.5 Å². The number of nitrogens with zero attached hydrogens (tertiary/aromatic N) is 1. The van der Waals surface area contributed by atoms with Gasteiger partial charge in [0.05, 0.1) is 0 Å². The van der Waals surface area contributed by atoms with Gasteiger partial charge in [0.2, 0.25) is 5.91 Å². The van der Waals surface area contributed by atoms with Gasteiger partial charge in [-0.1, -0.05) is 28.1 Å². The Morgan fingerprint density at radius 2 is 1.94 bits per heavy atom. The fourth-order valence-electron chi connectivity index (χ4n) is 1.46. The van der Waals surface area contributed by atoms with Crippen LogP contribution >= 0.6 is 15.9 Å². The third-order valence-corrected chi connectivity index (χ3v) is 3.24. The Labute approximate surface area is 105 Å². The SMILES string of the molecule is CCN(C)C(=O)C(C)(N)c1ccc(Br)cc1. The number of carbonyl (C=O) groups is 1. The molecule has 0 spiro atoms. The van der Waals surface area contributed by atoms with E-state index in [4.69, 9.17) is 5.73 Å². The summed E-state index contributed by atoms with van der Waals surface area (Å²) in [7, 11) is 1.76. The molecule has 16 heavy (non-hydrogen) atoms. The van der Waals surface area contributed by atoms with Gasteiger partial charge in [-0.3, -0.25) is 4.79 Å². The highest BCUT2D eigenvalue weighted by Gasteiger charge is 2.32. The van der Waals surface area contributed by atoms with Crippen LogP contribution in [0.5, 0.6) is 0 Å². The van der Waals surface area contributed by atoms with Crippen LogP contribution in [0.15, 0.2) is 28.7 Å². The third-order valence-electron chi connectivity index (χ3n) is 2.71. The Hall–Kier alpha value is -0.870. The molecule has 0 aliphatic carbocycles. The van der Waals surface area contributed by atoms with E-state index in [9.17, 15) is 4.79 Å². The molecule has 1 rings (SSSR count). The van der Waals surface area contributed by atoms with Crippen molar-refractivity contribution in [2.75, 3.05) is 13.6 Å². The Kier molecular flexibility index (Phi) is 4.10. The Morgan fingerprint density at radius 3 is 2.38 bits per heavy atom. The predicted octanol–water partition coefficient (Wildman–Crippen LogP) is 2.10. The largest absolute Gasteiger partial charge is 0.344 e. The number of nitrogens with two attached hydrogens (primary N) is 1. The first kappa shape index (κ1) is 13.2. The Balaban J connectivity index is 3.01. The second-order valence-electron chi connectivity index (χ2n) is 4.03. The molecule has 88 valence electrons. The average molecular weight is 285 g/mol. The molecule has 0 saturated carbocycles. The molecule has 1 aromatic rings. The molecular weight excluding hydrogens is 268 g/mol. The normalized spacial score (nSPS) is 14.3. The number of carbonyl (C=O) groups excluding carboxylic acids is 1. The van der Waals surface area contributed by atoms with Gasteiger partial charge in [-0.25, -0.2) is 0 Å². The number of halogens is 1. The second-order valence-corrected chi connectivity index (χ2v) is 4.94. The number of hydrogen-bond acceptors (Lipinski definition) is 2. The minimum atomic E-state index is -0.967. The lowest BCUT2D eigenvalue weighted by atomic mass is 9.92. The Bertz CT molecular complexity index is 373. The minimum Gasteiger partial charge on any atom is -0.344 e. The lowest BCUT2D eigenvalue weighted by molar-refractivity contribution is -0.135. The van der Waals surface area contributed by atoms with Crippen LogP contribution in [0.4, 0.5) is 0 Å². The summed E-state index contributed by atoms with van der Waals surface area (Å²) in [5, 5.41) is 0. The molecule has 3 nitrogen and oxygen atoms in total. The van der Waals surface area contributed by atoms with Crippen LogP contribution in [0.1, 0.15) is 19.4 Å². The molecule has 0 aromatic heterocycles. The third kappa shape index (κ3) is 2.62. The molecule has 1 amide bonds. The molecule has 0 aliphatic heterocycles. The van der Waals surface area contributed by atoms with Gasteiger partial charge in [0.15, 0.2) is 0 Å². The van der Waals surface area contributed by atoms with E-state index >= 15 is 0 Å². The van der Waals surface area contributed by atoms with Crippen molar-refractivity contribution in [2.45, 2.75) is 19.4 Å². The van der Waals surface area contributed by atoms with Crippen LogP contribution < -0.4 is 5.73 Å². The second kappa shape index (κ2) is 4.97. The maximum absolute atomic E-state index is 12.1. The van der Waals surface area contributed by atoms with Crippen molar-refractivity contribution < 1.29 is 4.79 Å². The van der Waals surface area contributed by atoms with Crippen molar-refractivity contribution in [3.63, 3.8) is 0 Å². The van der Waals surface area contributed by atoms with E-state index in [1.807, 2.05) is 31.2 Å². The van der Waals surface area contributed by atoms with Crippen LogP contribution in [0.2, 0.25) is 0 Å². The van der Waals surface area contributed by atoms with Gasteiger partial charge >= 0.3 is 0 Å². The van der Waals surface area contributed by atoms with Crippen molar-refractivity contribution in [1.29, 1.82) is 0 Å². The molecule has 1 aromatic carbocycles. The van der Waals surface area contributed by atoms with Crippen molar-refractivity contribution in [2.24, 2.45) is 5.73 Å². The molecule has 1 unspecified atom stereocenters. The van der Waals surface area contributed by atoms with Gasteiger partial charge in [-0.2, -0.15) is 0 Å². The maximum atomic E-state index is 12.1. The van der Waals surface area contributed by atoms with E-state index in [2.05, 4.69) is 15.9 Å². The van der Waals surface area contributed by atoms with E-state index in [1.54, 1.807) is 18.9 Å². The molecule has 0 saturated heterocycles. The molecule has 4 heteroatoms. The monoisotopic (exact) mass is 284 g/mol. The van der Waals surface area contributed by atoms with Crippen LogP contribution in [0.3, 0.4) is 0 Å². The summed E-state index contributed by atoms with van der Waals surface area (Å²) in [6.45, 7) is 4.32. The Morgan fingerprint density at radius 1 is 1.44 bits per heavy atom. The summed E-state index contributed by atoms with van der Waals surface area (Å²) < 4.78 is 0.975. The first-order valence-electron chi connectivity index (χ1n) is 5.20. The molecule has 0 aliphatic rings. The number of rotatable bonds is 3. The summed E-state index contributed by atoms with van der Waals surface area (Å²) in [6, 6.07) is 7.51. The topological polar surface area (TPSA) is 46.3 Å². The maximum Gasteiger partial charge on any atom is 0.246 e. The quantitative estimate of drug-likeness (QED) is 0.924. The van der Waals surface area contributed by atoms with Gasteiger partial charge < -0.3 is 10.6 Å². The lowest BCUT2D eigenvalue weighted by Gasteiger charge is -2.29. The average Bonchev–Trinajstić information content (AvgIpc) is 2.27. The zero-order valence-electron chi connectivity index (χ0n) is 9.83. The van der Waals surface area contributed by atoms with Crippen molar-refractivity contribution >= 4 is 21.8 Å². The highest BCUT2D eigenvalue weighted by Crippen LogP contribution is 2.22. The molecule has 1 atom stereocenters. The minimum absolute atomic E-state index is 0.0719. The van der Waals surface area contributed by atoms with Crippen molar-refractivity contribution in [3.05, 3.63) is 34.3 Å². The standard InChI is InChI=1S/C12H17BrN2O/c1-4-15(3)11(16)12(2,14)9-5-7-10(13)8-6-9/h5-8H,4,14H2,1-3H3. The number of hydrogen-bond donors (Lipinski definition) is 1. The first-order chi connectivity index (χ1) is 7.39. The predicted molar refractivity (Wildman–Crippen MR) is 69.0 cm³/mol. The molecule has 0 heterocycles. The van der Waals surface area contributed by atoms with Gasteiger partial charge in [0.25, 0.3) is 0 Å². The van der Waals surface area contributed by atoms with E-state index in [1.165, 1.54) is 0 Å². The fourth-order valence-corrected chi connectivity index (χ4v) is 1.72. The van der Waals surface area contributed by atoms with Crippen molar-refractivity contribution in [3.8, 4) is 0 Å². The van der Waals surface area contributed by atoms with Crippen LogP contribution in [-0.2, 0) is 10.3 Å². The smallest absolute Gasteiger partial charge is 0.246 e. The highest BCUT2D eigenvalue weighted by molar-refractivity contribution is 9.10. The van der Waals surface area contributed by atoms with Gasteiger partial charge in [0.1, 0.15) is 5.54 Å². The summed E-state index contributed by atoms with van der Waals surface area (Å²) in [5.74, 6) is -0.0719. The summed E-state index contributed by atoms with van der Waals surface area (Å²) >= 11 is 3.36. The summed E-state index contributed by atoms with van der Waals surface area (Å²) in [6.07, 6.45) is 0. The zero-order chi connectivity index (χ0) is 12.3. The van der Waals surface area contributed by atoms with Crippen LogP contribution in [0, 0.1) is 0 Å². The first-order valence-corrected chi connectivity index (χ1v) is 5.99. The zero-order valence-corrected chi connectivity index (χ0v) is 11.4. The molecule has 0 fully saturated rings. The van der Waals surface area contributed by atoms with Gasteiger partial charge in [-0.15, -0.1) is 0 Å². The van der Waals surface area contributed by atoms with Crippen molar-refractivity contribution in [1.82, 2.24) is 4.90 Å².